The fraction of sp³-hybridized carbons (Fsp3) is 0.160. The summed E-state index contributed by atoms with van der Waals surface area (Å²) in [6.07, 6.45) is 0.785. The summed E-state index contributed by atoms with van der Waals surface area (Å²) in [5, 5.41) is 9.75. The fourth-order valence-corrected chi connectivity index (χ4v) is 7.75. The minimum absolute atomic E-state index is 0.00305. The van der Waals surface area contributed by atoms with Gasteiger partial charge in [-0.05, 0) is 84.6 Å². The highest BCUT2D eigenvalue weighted by molar-refractivity contribution is 6.10. The zero-order valence-corrected chi connectivity index (χ0v) is 36.3. The quantitative estimate of drug-likeness (QED) is 0.0303. The topological polar surface area (TPSA) is 284 Å². The Morgan fingerprint density at radius 2 is 0.925 bits per heavy atom. The molecule has 0 spiro atoms. The molecule has 340 valence electrons. The zero-order chi connectivity index (χ0) is 47.2. The number of hydrogen-bond donors (Lipinski definition) is 9. The SMILES string of the molecule is N[C@@H](Cc1ccccc1)C(=O)CCN(N)C(=O)c1cc2ccc(NC(=O)c3ccc4[nH]c(C(=O)Nc5ccc6cc(C(=O)N(N)CCC(=O)[C@@H](N)Cc7ccccc7)[nH]c6c5)cc4c3)cc2[nH]1. The standard InChI is InChI=1S/C50H49N11O6/c51-37(21-29-7-3-1-4-8-29)45(62)17-19-60(53)49(66)43-24-31-11-14-35(27-40(31)58-43)55-47(64)33-13-16-39-34(23-33)26-42(57-39)48(65)56-36-15-12-32-25-44(59-41(32)28-36)50(67)61(54)20-18-46(63)38(52)22-30-9-5-2-6-10-30/h1-16,23-28,37-38,57-59H,17-22,51-54H2,(H,55,64)(H,56,65)/t37-,38-/m0/s1. The number of fused-ring (bicyclic) bond motifs is 3. The summed E-state index contributed by atoms with van der Waals surface area (Å²) in [5.41, 5.74) is 17.8. The Bertz CT molecular complexity index is 2970. The van der Waals surface area contributed by atoms with Crippen molar-refractivity contribution in [2.45, 2.75) is 37.8 Å². The van der Waals surface area contributed by atoms with Gasteiger partial charge in [0, 0.05) is 75.6 Å². The van der Waals surface area contributed by atoms with Crippen LogP contribution in [0.15, 0.2) is 133 Å². The first-order chi connectivity index (χ1) is 32.3. The third kappa shape index (κ3) is 10.8. The summed E-state index contributed by atoms with van der Waals surface area (Å²) in [6.45, 7) is -0.0291. The zero-order valence-electron chi connectivity index (χ0n) is 36.3. The van der Waals surface area contributed by atoms with Crippen molar-refractivity contribution >= 4 is 79.3 Å². The maximum absolute atomic E-state index is 13.4. The van der Waals surface area contributed by atoms with Crippen LogP contribution in [0.1, 0.15) is 65.8 Å². The van der Waals surface area contributed by atoms with Gasteiger partial charge in [-0.15, -0.1) is 0 Å². The number of aromatic amines is 3. The highest BCUT2D eigenvalue weighted by Gasteiger charge is 2.22. The fourth-order valence-electron chi connectivity index (χ4n) is 7.75. The Morgan fingerprint density at radius 1 is 0.478 bits per heavy atom. The van der Waals surface area contributed by atoms with Gasteiger partial charge in [-0.25, -0.2) is 11.7 Å². The number of carbonyl (C=O) groups excluding carboxylic acids is 6. The van der Waals surface area contributed by atoms with Crippen LogP contribution in [0.25, 0.3) is 32.7 Å². The number of nitrogens with zero attached hydrogens (tertiary/aromatic N) is 2. The predicted octanol–water partition coefficient (Wildman–Crippen LogP) is 5.33. The van der Waals surface area contributed by atoms with Crippen LogP contribution in [-0.2, 0) is 22.4 Å². The Balaban J connectivity index is 0.839. The number of nitrogens with two attached hydrogens (primary N) is 4. The molecule has 13 N–H and O–H groups in total. The number of benzene rings is 5. The van der Waals surface area contributed by atoms with E-state index in [2.05, 4.69) is 25.6 Å². The second-order valence-electron chi connectivity index (χ2n) is 16.4. The van der Waals surface area contributed by atoms with Crippen molar-refractivity contribution in [1.29, 1.82) is 0 Å². The summed E-state index contributed by atoms with van der Waals surface area (Å²) < 4.78 is 0. The van der Waals surface area contributed by atoms with E-state index in [0.717, 1.165) is 21.1 Å². The number of hydrogen-bond acceptors (Lipinski definition) is 10. The number of amides is 4. The molecule has 0 aliphatic rings. The molecule has 8 rings (SSSR count). The molecule has 5 aromatic carbocycles. The average Bonchev–Trinajstić information content (AvgIpc) is 4.09. The van der Waals surface area contributed by atoms with Gasteiger partial charge >= 0.3 is 0 Å². The molecule has 0 fully saturated rings. The maximum atomic E-state index is 13.4. The molecule has 0 aliphatic carbocycles. The van der Waals surface area contributed by atoms with E-state index in [-0.39, 0.29) is 54.6 Å². The normalized spacial score (nSPS) is 12.2. The Hall–Kier alpha value is -8.22. The molecular weight excluding hydrogens is 851 g/mol. The number of anilines is 2. The van der Waals surface area contributed by atoms with Gasteiger partial charge in [0.2, 0.25) is 0 Å². The van der Waals surface area contributed by atoms with Gasteiger partial charge in [-0.3, -0.25) is 38.8 Å². The minimum Gasteiger partial charge on any atom is -0.351 e. The van der Waals surface area contributed by atoms with Crippen LogP contribution in [0, 0.1) is 0 Å². The van der Waals surface area contributed by atoms with Crippen LogP contribution in [0.2, 0.25) is 0 Å². The molecule has 0 bridgehead atoms. The highest BCUT2D eigenvalue weighted by atomic mass is 16.2. The van der Waals surface area contributed by atoms with E-state index in [9.17, 15) is 28.8 Å². The molecule has 0 aliphatic heterocycles. The molecule has 3 heterocycles. The number of carbonyl (C=O) groups is 6. The van der Waals surface area contributed by atoms with Gasteiger partial charge in [0.05, 0.1) is 12.1 Å². The molecule has 0 radical (unpaired) electrons. The van der Waals surface area contributed by atoms with Gasteiger partial charge in [-0.1, -0.05) is 72.8 Å². The van der Waals surface area contributed by atoms with Crippen molar-refractivity contribution in [3.63, 3.8) is 0 Å². The summed E-state index contributed by atoms with van der Waals surface area (Å²) in [4.78, 5) is 87.6. The van der Waals surface area contributed by atoms with Crippen molar-refractivity contribution in [1.82, 2.24) is 25.0 Å². The molecule has 8 aromatic rings. The highest BCUT2D eigenvalue weighted by Crippen LogP contribution is 2.25. The van der Waals surface area contributed by atoms with Crippen LogP contribution in [0.4, 0.5) is 11.4 Å². The lowest BCUT2D eigenvalue weighted by atomic mass is 10.0. The second-order valence-corrected chi connectivity index (χ2v) is 16.4. The molecule has 17 nitrogen and oxygen atoms in total. The van der Waals surface area contributed by atoms with E-state index in [0.29, 0.717) is 62.5 Å². The van der Waals surface area contributed by atoms with Crippen LogP contribution >= 0.6 is 0 Å². The van der Waals surface area contributed by atoms with E-state index >= 15 is 0 Å². The van der Waals surface area contributed by atoms with Crippen molar-refractivity contribution < 1.29 is 28.8 Å². The minimum atomic E-state index is -0.712. The summed E-state index contributed by atoms with van der Waals surface area (Å²) in [6, 6.07) is 37.7. The predicted molar refractivity (Wildman–Crippen MR) is 257 cm³/mol. The largest absolute Gasteiger partial charge is 0.351 e. The summed E-state index contributed by atoms with van der Waals surface area (Å²) in [7, 11) is 0. The van der Waals surface area contributed by atoms with Crippen LogP contribution in [0.5, 0.6) is 0 Å². The van der Waals surface area contributed by atoms with Crippen molar-refractivity contribution in [2.24, 2.45) is 23.2 Å². The molecule has 0 unspecified atom stereocenters. The van der Waals surface area contributed by atoms with E-state index in [1.807, 2.05) is 60.7 Å². The molecule has 0 saturated carbocycles. The monoisotopic (exact) mass is 899 g/mol. The molecule has 2 atom stereocenters. The lowest BCUT2D eigenvalue weighted by Gasteiger charge is -2.17. The van der Waals surface area contributed by atoms with Crippen LogP contribution in [-0.4, -0.2) is 85.3 Å². The molecule has 4 amide bonds. The first kappa shape index (κ1) is 45.4. The van der Waals surface area contributed by atoms with Gasteiger partial charge in [0.15, 0.2) is 11.6 Å². The summed E-state index contributed by atoms with van der Waals surface area (Å²) >= 11 is 0. The van der Waals surface area contributed by atoms with E-state index in [4.69, 9.17) is 23.2 Å². The van der Waals surface area contributed by atoms with Gasteiger partial charge in [-0.2, -0.15) is 0 Å². The molecule has 67 heavy (non-hydrogen) atoms. The Labute approximate surface area is 383 Å². The van der Waals surface area contributed by atoms with E-state index in [1.165, 1.54) is 0 Å². The lowest BCUT2D eigenvalue weighted by Crippen LogP contribution is -2.41. The number of Topliss-reactive ketones (excluding diaryl/α,β-unsaturated/α-hetero) is 2. The van der Waals surface area contributed by atoms with Crippen LogP contribution in [0.3, 0.4) is 0 Å². The molecule has 3 aromatic heterocycles. The number of hydrazine groups is 2. The van der Waals surface area contributed by atoms with Crippen molar-refractivity contribution in [2.75, 3.05) is 23.7 Å². The number of ketones is 2. The van der Waals surface area contributed by atoms with Crippen molar-refractivity contribution in [3.8, 4) is 0 Å². The van der Waals surface area contributed by atoms with Gasteiger partial charge in [0.25, 0.3) is 23.6 Å². The number of rotatable bonds is 18. The van der Waals surface area contributed by atoms with Crippen molar-refractivity contribution in [3.05, 3.63) is 167 Å². The smallest absolute Gasteiger partial charge is 0.284 e. The lowest BCUT2D eigenvalue weighted by molar-refractivity contribution is -0.121. The molecule has 0 saturated heterocycles. The van der Waals surface area contributed by atoms with Crippen LogP contribution < -0.4 is 33.8 Å². The second kappa shape index (κ2) is 19.9. The third-order valence-corrected chi connectivity index (χ3v) is 11.5. The maximum Gasteiger partial charge on any atom is 0.284 e. The Morgan fingerprint density at radius 3 is 1.42 bits per heavy atom. The first-order valence-corrected chi connectivity index (χ1v) is 21.6. The Kier molecular flexibility index (Phi) is 13.5. The van der Waals surface area contributed by atoms with Gasteiger partial charge in [0.1, 0.15) is 17.1 Å². The number of nitrogens with one attached hydrogen (secondary N) is 5. The third-order valence-electron chi connectivity index (χ3n) is 11.5. The first-order valence-electron chi connectivity index (χ1n) is 21.6. The van der Waals surface area contributed by atoms with E-state index < -0.39 is 35.7 Å². The average molecular weight is 900 g/mol. The van der Waals surface area contributed by atoms with E-state index in [1.54, 1.807) is 72.8 Å². The molecule has 17 heteroatoms. The molecular formula is C50H49N11O6. The number of H-pyrrole nitrogens is 3. The van der Waals surface area contributed by atoms with Gasteiger partial charge < -0.3 is 37.1 Å². The number of aromatic nitrogens is 3. The summed E-state index contributed by atoms with van der Waals surface area (Å²) in [5.74, 6) is 9.86.